The van der Waals surface area contributed by atoms with Gasteiger partial charge in [0.25, 0.3) is 0 Å². The standard InChI is InChI=1S/C11H14BrNO/c1-8(2)7-11(13-14)9-3-5-10(12)6-4-9/h3-6,8,11H,7H2,1-2H3. The fourth-order valence-corrected chi connectivity index (χ4v) is 1.64. The first-order valence-electron chi connectivity index (χ1n) is 4.71. The second-order valence-electron chi connectivity index (χ2n) is 3.80. The van der Waals surface area contributed by atoms with Crippen molar-refractivity contribution in [3.8, 4) is 0 Å². The second-order valence-corrected chi connectivity index (χ2v) is 4.72. The third-order valence-corrected chi connectivity index (χ3v) is 2.61. The zero-order valence-electron chi connectivity index (χ0n) is 8.40. The normalized spacial score (nSPS) is 12.9. The van der Waals surface area contributed by atoms with E-state index in [9.17, 15) is 4.91 Å². The van der Waals surface area contributed by atoms with Gasteiger partial charge in [-0.25, -0.2) is 0 Å². The third kappa shape index (κ3) is 3.22. The van der Waals surface area contributed by atoms with Gasteiger partial charge in [-0.05, 0) is 30.0 Å². The Labute approximate surface area is 92.8 Å². The highest BCUT2D eigenvalue weighted by molar-refractivity contribution is 9.10. The van der Waals surface area contributed by atoms with Gasteiger partial charge in [-0.2, -0.15) is 4.91 Å². The lowest BCUT2D eigenvalue weighted by molar-refractivity contribution is 0.509. The summed E-state index contributed by atoms with van der Waals surface area (Å²) in [4.78, 5) is 10.7. The molecule has 0 saturated heterocycles. The van der Waals surface area contributed by atoms with E-state index >= 15 is 0 Å². The monoisotopic (exact) mass is 255 g/mol. The molecule has 0 heterocycles. The lowest BCUT2D eigenvalue weighted by Crippen LogP contribution is -1.99. The van der Waals surface area contributed by atoms with Crippen LogP contribution in [-0.2, 0) is 0 Å². The quantitative estimate of drug-likeness (QED) is 0.738. The van der Waals surface area contributed by atoms with Crippen LogP contribution in [0.4, 0.5) is 0 Å². The fraction of sp³-hybridized carbons (Fsp3) is 0.455. The number of nitroso groups, excluding NO2 is 1. The van der Waals surface area contributed by atoms with Crippen LogP contribution in [0.25, 0.3) is 0 Å². The van der Waals surface area contributed by atoms with E-state index in [2.05, 4.69) is 35.0 Å². The average Bonchev–Trinajstić information content (AvgIpc) is 2.15. The molecule has 0 aliphatic rings. The Balaban J connectivity index is 2.78. The summed E-state index contributed by atoms with van der Waals surface area (Å²) in [6.45, 7) is 4.19. The van der Waals surface area contributed by atoms with Gasteiger partial charge in [-0.3, -0.25) is 0 Å². The largest absolute Gasteiger partial charge is 0.150 e. The number of benzene rings is 1. The summed E-state index contributed by atoms with van der Waals surface area (Å²) in [6, 6.07) is 7.56. The minimum atomic E-state index is -0.205. The maximum absolute atomic E-state index is 10.7. The van der Waals surface area contributed by atoms with Crippen molar-refractivity contribution in [1.82, 2.24) is 0 Å². The molecule has 3 heteroatoms. The van der Waals surface area contributed by atoms with Crippen molar-refractivity contribution in [2.75, 3.05) is 0 Å². The molecule has 1 aromatic carbocycles. The first-order chi connectivity index (χ1) is 6.63. The van der Waals surface area contributed by atoms with Crippen molar-refractivity contribution in [2.45, 2.75) is 26.3 Å². The highest BCUT2D eigenvalue weighted by Crippen LogP contribution is 2.25. The first-order valence-corrected chi connectivity index (χ1v) is 5.50. The van der Waals surface area contributed by atoms with Crippen LogP contribution in [0.5, 0.6) is 0 Å². The summed E-state index contributed by atoms with van der Waals surface area (Å²) in [7, 11) is 0. The molecule has 2 nitrogen and oxygen atoms in total. The molecule has 0 saturated carbocycles. The molecule has 0 N–H and O–H groups in total. The summed E-state index contributed by atoms with van der Waals surface area (Å²) in [6.07, 6.45) is 0.811. The van der Waals surface area contributed by atoms with Crippen LogP contribution in [-0.4, -0.2) is 0 Å². The smallest absolute Gasteiger partial charge is 0.117 e. The lowest BCUT2D eigenvalue weighted by Gasteiger charge is -2.11. The molecule has 1 atom stereocenters. The van der Waals surface area contributed by atoms with Crippen LogP contribution < -0.4 is 0 Å². The zero-order valence-corrected chi connectivity index (χ0v) is 9.99. The fourth-order valence-electron chi connectivity index (χ4n) is 1.37. The van der Waals surface area contributed by atoms with Crippen LogP contribution in [0, 0.1) is 10.8 Å². The van der Waals surface area contributed by atoms with E-state index in [1.54, 1.807) is 0 Å². The topological polar surface area (TPSA) is 29.4 Å². The van der Waals surface area contributed by atoms with Gasteiger partial charge in [0.2, 0.25) is 0 Å². The van der Waals surface area contributed by atoms with Crippen LogP contribution in [0.2, 0.25) is 0 Å². The molecule has 1 aromatic rings. The molecular formula is C11H14BrNO. The lowest BCUT2D eigenvalue weighted by atomic mass is 9.98. The molecule has 0 aliphatic carbocycles. The van der Waals surface area contributed by atoms with Crippen LogP contribution >= 0.6 is 15.9 Å². The highest BCUT2D eigenvalue weighted by Gasteiger charge is 2.13. The van der Waals surface area contributed by atoms with Gasteiger partial charge in [-0.1, -0.05) is 47.1 Å². The highest BCUT2D eigenvalue weighted by atomic mass is 79.9. The van der Waals surface area contributed by atoms with E-state index in [0.29, 0.717) is 5.92 Å². The third-order valence-electron chi connectivity index (χ3n) is 2.08. The second kappa shape index (κ2) is 5.25. The first kappa shape index (κ1) is 11.4. The molecule has 1 unspecified atom stereocenters. The predicted molar refractivity (Wildman–Crippen MR) is 62.1 cm³/mol. The number of hydrogen-bond acceptors (Lipinski definition) is 2. The maximum atomic E-state index is 10.7. The maximum Gasteiger partial charge on any atom is 0.117 e. The van der Waals surface area contributed by atoms with Crippen molar-refractivity contribution in [3.05, 3.63) is 39.2 Å². The summed E-state index contributed by atoms with van der Waals surface area (Å²) >= 11 is 3.36. The van der Waals surface area contributed by atoms with Gasteiger partial charge in [0.15, 0.2) is 0 Å². The Hall–Kier alpha value is -0.700. The molecule has 0 aromatic heterocycles. The average molecular weight is 256 g/mol. The molecule has 14 heavy (non-hydrogen) atoms. The van der Waals surface area contributed by atoms with Crippen molar-refractivity contribution < 1.29 is 0 Å². The molecule has 1 rings (SSSR count). The summed E-state index contributed by atoms with van der Waals surface area (Å²) in [5.74, 6) is 0.487. The van der Waals surface area contributed by atoms with Crippen molar-refractivity contribution in [1.29, 1.82) is 0 Å². The Morgan fingerprint density at radius 3 is 2.29 bits per heavy atom. The summed E-state index contributed by atoms with van der Waals surface area (Å²) in [5, 5.41) is 3.16. The molecule has 0 fully saturated rings. The van der Waals surface area contributed by atoms with Gasteiger partial charge < -0.3 is 0 Å². The van der Waals surface area contributed by atoms with E-state index in [1.807, 2.05) is 24.3 Å². The van der Waals surface area contributed by atoms with Crippen molar-refractivity contribution in [3.63, 3.8) is 0 Å². The Kier molecular flexibility index (Phi) is 4.26. The number of halogens is 1. The molecule has 76 valence electrons. The molecule has 0 spiro atoms. The summed E-state index contributed by atoms with van der Waals surface area (Å²) < 4.78 is 1.02. The minimum Gasteiger partial charge on any atom is -0.150 e. The number of nitrogens with zero attached hydrogens (tertiary/aromatic N) is 1. The Bertz CT molecular complexity index is 295. The van der Waals surface area contributed by atoms with Crippen molar-refractivity contribution >= 4 is 15.9 Å². The van der Waals surface area contributed by atoms with Gasteiger partial charge in [0, 0.05) is 4.47 Å². The molecular weight excluding hydrogens is 242 g/mol. The number of hydrogen-bond donors (Lipinski definition) is 0. The van der Waals surface area contributed by atoms with Gasteiger partial charge >= 0.3 is 0 Å². The summed E-state index contributed by atoms with van der Waals surface area (Å²) in [5.41, 5.74) is 0.997. The SMILES string of the molecule is CC(C)CC(N=O)c1ccc(Br)cc1. The van der Waals surface area contributed by atoms with Gasteiger partial charge in [0.05, 0.1) is 0 Å². The van der Waals surface area contributed by atoms with E-state index in [0.717, 1.165) is 16.5 Å². The van der Waals surface area contributed by atoms with Crippen LogP contribution in [0.1, 0.15) is 31.9 Å². The molecule has 0 amide bonds. The minimum absolute atomic E-state index is 0.205. The van der Waals surface area contributed by atoms with Crippen LogP contribution in [0.15, 0.2) is 33.9 Å². The predicted octanol–water partition coefficient (Wildman–Crippen LogP) is 4.30. The van der Waals surface area contributed by atoms with E-state index in [4.69, 9.17) is 0 Å². The number of rotatable bonds is 4. The van der Waals surface area contributed by atoms with Gasteiger partial charge in [-0.15, -0.1) is 0 Å². The molecule has 0 radical (unpaired) electrons. The molecule has 0 bridgehead atoms. The van der Waals surface area contributed by atoms with E-state index in [-0.39, 0.29) is 6.04 Å². The Morgan fingerprint density at radius 1 is 1.29 bits per heavy atom. The van der Waals surface area contributed by atoms with Crippen LogP contribution in [0.3, 0.4) is 0 Å². The van der Waals surface area contributed by atoms with E-state index < -0.39 is 0 Å². The van der Waals surface area contributed by atoms with Gasteiger partial charge in [0.1, 0.15) is 6.04 Å². The zero-order chi connectivity index (χ0) is 10.6. The van der Waals surface area contributed by atoms with E-state index in [1.165, 1.54) is 0 Å². The molecule has 0 aliphatic heterocycles. The van der Waals surface area contributed by atoms with Crippen molar-refractivity contribution in [2.24, 2.45) is 11.1 Å². The Morgan fingerprint density at radius 2 is 1.86 bits per heavy atom.